The summed E-state index contributed by atoms with van der Waals surface area (Å²) in [5, 5.41) is 4.32. The fourth-order valence-electron chi connectivity index (χ4n) is 3.72. The number of ether oxygens (including phenoxy) is 1. The molecule has 5 nitrogen and oxygen atoms in total. The van der Waals surface area contributed by atoms with Crippen molar-refractivity contribution in [3.63, 3.8) is 0 Å². The van der Waals surface area contributed by atoms with Crippen LogP contribution in [-0.2, 0) is 9.57 Å². The molecule has 0 aromatic rings. The van der Waals surface area contributed by atoms with Gasteiger partial charge in [-0.15, -0.1) is 0 Å². The van der Waals surface area contributed by atoms with Gasteiger partial charge in [0.05, 0.1) is 5.71 Å². The standard InChI is InChI=1S/C16H26N2O3/c1-14(2,3)20-13(19)18-8-10-11(9-18)16(10,6)12-7-15(4,5)21-17-12/h10-11H,7-9H2,1-6H3/t10-,11+,16?. The Morgan fingerprint density at radius 3 is 2.29 bits per heavy atom. The lowest BCUT2D eigenvalue weighted by Gasteiger charge is -2.27. The van der Waals surface area contributed by atoms with E-state index >= 15 is 0 Å². The molecule has 1 saturated carbocycles. The number of nitrogens with zero attached hydrogens (tertiary/aromatic N) is 2. The summed E-state index contributed by atoms with van der Waals surface area (Å²) in [4.78, 5) is 19.5. The van der Waals surface area contributed by atoms with E-state index in [-0.39, 0.29) is 17.1 Å². The summed E-state index contributed by atoms with van der Waals surface area (Å²) in [5.74, 6) is 1.00. The largest absolute Gasteiger partial charge is 0.444 e. The minimum Gasteiger partial charge on any atom is -0.444 e. The number of fused-ring (bicyclic) bond motifs is 1. The van der Waals surface area contributed by atoms with Gasteiger partial charge in [0.2, 0.25) is 0 Å². The van der Waals surface area contributed by atoms with E-state index in [1.807, 2.05) is 25.7 Å². The lowest BCUT2D eigenvalue weighted by molar-refractivity contribution is 0.0123. The molecule has 1 amide bonds. The minimum absolute atomic E-state index is 0.117. The Labute approximate surface area is 126 Å². The molecule has 0 N–H and O–H groups in total. The zero-order chi connectivity index (χ0) is 15.6. The summed E-state index contributed by atoms with van der Waals surface area (Å²) >= 11 is 0. The van der Waals surface area contributed by atoms with Crippen molar-refractivity contribution in [1.82, 2.24) is 4.90 Å². The van der Waals surface area contributed by atoms with Gasteiger partial charge in [-0.05, 0) is 46.5 Å². The van der Waals surface area contributed by atoms with E-state index in [0.29, 0.717) is 11.8 Å². The van der Waals surface area contributed by atoms with Crippen LogP contribution in [0.4, 0.5) is 4.79 Å². The molecule has 2 heterocycles. The highest BCUT2D eigenvalue weighted by molar-refractivity contribution is 5.95. The predicted octanol–water partition coefficient (Wildman–Crippen LogP) is 3.04. The van der Waals surface area contributed by atoms with Crippen molar-refractivity contribution >= 4 is 11.8 Å². The molecule has 2 fully saturated rings. The maximum absolute atomic E-state index is 12.1. The van der Waals surface area contributed by atoms with Crippen molar-refractivity contribution in [1.29, 1.82) is 0 Å². The lowest BCUT2D eigenvalue weighted by atomic mass is 9.89. The normalized spacial score (nSPS) is 36.9. The molecule has 2 aliphatic heterocycles. The van der Waals surface area contributed by atoms with Crippen molar-refractivity contribution in [2.45, 2.75) is 59.2 Å². The molecule has 0 spiro atoms. The quantitative estimate of drug-likeness (QED) is 0.747. The Kier molecular flexibility index (Phi) is 2.89. The Hall–Kier alpha value is -1.26. The summed E-state index contributed by atoms with van der Waals surface area (Å²) in [7, 11) is 0. The van der Waals surface area contributed by atoms with Crippen molar-refractivity contribution < 1.29 is 14.4 Å². The molecule has 3 atom stereocenters. The molecule has 3 rings (SSSR count). The van der Waals surface area contributed by atoms with Gasteiger partial charge in [-0.2, -0.15) is 0 Å². The topological polar surface area (TPSA) is 51.1 Å². The predicted molar refractivity (Wildman–Crippen MR) is 80.1 cm³/mol. The zero-order valence-corrected chi connectivity index (χ0v) is 13.9. The monoisotopic (exact) mass is 294 g/mol. The molecule has 0 radical (unpaired) electrons. The molecule has 3 aliphatic rings. The molecule has 5 heteroatoms. The number of amides is 1. The molecular weight excluding hydrogens is 268 g/mol. The zero-order valence-electron chi connectivity index (χ0n) is 13.9. The number of oxime groups is 1. The van der Waals surface area contributed by atoms with Crippen LogP contribution in [0, 0.1) is 17.3 Å². The second kappa shape index (κ2) is 4.14. The summed E-state index contributed by atoms with van der Waals surface area (Å²) in [6, 6.07) is 0. The first-order valence-electron chi connectivity index (χ1n) is 7.76. The van der Waals surface area contributed by atoms with E-state index in [9.17, 15) is 4.79 Å². The molecule has 21 heavy (non-hydrogen) atoms. The van der Waals surface area contributed by atoms with Gasteiger partial charge in [0.25, 0.3) is 0 Å². The highest BCUT2D eigenvalue weighted by Crippen LogP contribution is 2.64. The lowest BCUT2D eigenvalue weighted by Crippen LogP contribution is -2.39. The van der Waals surface area contributed by atoms with E-state index < -0.39 is 5.60 Å². The van der Waals surface area contributed by atoms with Gasteiger partial charge >= 0.3 is 6.09 Å². The van der Waals surface area contributed by atoms with Gasteiger partial charge in [-0.25, -0.2) is 4.79 Å². The van der Waals surface area contributed by atoms with E-state index in [1.165, 1.54) is 5.71 Å². The van der Waals surface area contributed by atoms with Crippen LogP contribution in [0.2, 0.25) is 0 Å². The molecule has 0 bridgehead atoms. The average Bonchev–Trinajstić information content (AvgIpc) is 2.73. The van der Waals surface area contributed by atoms with Crippen LogP contribution in [0.3, 0.4) is 0 Å². The van der Waals surface area contributed by atoms with E-state index in [1.54, 1.807) is 0 Å². The molecule has 1 aliphatic carbocycles. The van der Waals surface area contributed by atoms with Crippen LogP contribution in [0.5, 0.6) is 0 Å². The Morgan fingerprint density at radius 1 is 1.29 bits per heavy atom. The number of hydrogen-bond donors (Lipinski definition) is 0. The van der Waals surface area contributed by atoms with Gasteiger partial charge in [0.15, 0.2) is 0 Å². The van der Waals surface area contributed by atoms with E-state index in [4.69, 9.17) is 9.57 Å². The fourth-order valence-corrected chi connectivity index (χ4v) is 3.72. The Morgan fingerprint density at radius 2 is 1.86 bits per heavy atom. The Bertz CT molecular complexity index is 492. The molecule has 1 saturated heterocycles. The van der Waals surface area contributed by atoms with E-state index in [0.717, 1.165) is 19.5 Å². The maximum atomic E-state index is 12.1. The van der Waals surface area contributed by atoms with Crippen molar-refractivity contribution in [3.05, 3.63) is 0 Å². The first-order valence-corrected chi connectivity index (χ1v) is 7.76. The smallest absolute Gasteiger partial charge is 0.410 e. The summed E-state index contributed by atoms with van der Waals surface area (Å²) in [5.41, 5.74) is 0.679. The Balaban J connectivity index is 1.60. The number of rotatable bonds is 1. The minimum atomic E-state index is -0.430. The number of hydrogen-bond acceptors (Lipinski definition) is 4. The van der Waals surface area contributed by atoms with Crippen LogP contribution in [-0.4, -0.2) is 41.0 Å². The fraction of sp³-hybridized carbons (Fsp3) is 0.875. The number of carbonyl (C=O) groups is 1. The summed E-state index contributed by atoms with van der Waals surface area (Å²) in [6.07, 6.45) is 0.699. The third-order valence-corrected chi connectivity index (χ3v) is 5.02. The van der Waals surface area contributed by atoms with Gasteiger partial charge in [0, 0.05) is 24.9 Å². The first-order chi connectivity index (χ1) is 9.53. The van der Waals surface area contributed by atoms with Gasteiger partial charge < -0.3 is 14.5 Å². The van der Waals surface area contributed by atoms with Crippen LogP contribution >= 0.6 is 0 Å². The maximum Gasteiger partial charge on any atom is 0.410 e. The third kappa shape index (κ3) is 2.40. The van der Waals surface area contributed by atoms with E-state index in [2.05, 4.69) is 25.9 Å². The molecule has 1 unspecified atom stereocenters. The van der Waals surface area contributed by atoms with Crippen LogP contribution in [0.15, 0.2) is 5.16 Å². The first kappa shape index (κ1) is 14.7. The van der Waals surface area contributed by atoms with Crippen LogP contribution in [0.25, 0.3) is 0 Å². The molecule has 0 aromatic heterocycles. The number of likely N-dealkylation sites (tertiary alicyclic amines) is 1. The van der Waals surface area contributed by atoms with Gasteiger partial charge in [-0.1, -0.05) is 12.1 Å². The second-order valence-corrected chi connectivity index (χ2v) is 8.45. The van der Waals surface area contributed by atoms with Gasteiger partial charge in [-0.3, -0.25) is 0 Å². The SMILES string of the molecule is CC(C)(C)OC(=O)N1C[C@@H]2[C@H](C1)C2(C)C1=NOC(C)(C)C1. The van der Waals surface area contributed by atoms with Crippen LogP contribution in [0.1, 0.15) is 48.0 Å². The molecule has 0 aromatic carbocycles. The van der Waals surface area contributed by atoms with Gasteiger partial charge in [0.1, 0.15) is 11.2 Å². The average molecular weight is 294 g/mol. The summed E-state index contributed by atoms with van der Waals surface area (Å²) < 4.78 is 5.45. The third-order valence-electron chi connectivity index (χ3n) is 5.02. The number of piperidine rings is 1. The highest BCUT2D eigenvalue weighted by atomic mass is 16.7. The van der Waals surface area contributed by atoms with Crippen LogP contribution < -0.4 is 0 Å². The van der Waals surface area contributed by atoms with Crippen molar-refractivity contribution in [2.24, 2.45) is 22.4 Å². The molecule has 118 valence electrons. The molecular formula is C16H26N2O3. The highest BCUT2D eigenvalue weighted by Gasteiger charge is 2.69. The summed E-state index contributed by atoms with van der Waals surface area (Å²) in [6.45, 7) is 13.6. The number of carbonyl (C=O) groups excluding carboxylic acids is 1. The second-order valence-electron chi connectivity index (χ2n) is 8.45. The van der Waals surface area contributed by atoms with Crippen molar-refractivity contribution in [2.75, 3.05) is 13.1 Å². The van der Waals surface area contributed by atoms with Crippen molar-refractivity contribution in [3.8, 4) is 0 Å².